The van der Waals surface area contributed by atoms with Crippen molar-refractivity contribution in [2.75, 3.05) is 21.3 Å². The molecule has 0 radical (unpaired) electrons. The van der Waals surface area contributed by atoms with Gasteiger partial charge in [0, 0.05) is 23.8 Å². The van der Waals surface area contributed by atoms with Crippen LogP contribution in [0.3, 0.4) is 0 Å². The summed E-state index contributed by atoms with van der Waals surface area (Å²) in [6, 6.07) is 128. The third-order valence-electron chi connectivity index (χ3n) is 22.3. The first-order valence-electron chi connectivity index (χ1n) is 42.0. The molecule has 0 aromatic heterocycles. The van der Waals surface area contributed by atoms with Gasteiger partial charge in [-0.2, -0.15) is 0 Å². The van der Waals surface area contributed by atoms with E-state index in [4.69, 9.17) is 28.7 Å². The average Bonchev–Trinajstić information content (AvgIpc) is 1.53. The fourth-order valence-corrected chi connectivity index (χ4v) is 19.8. The molecule has 656 valence electrons. The number of carbonyl (C=O) groups is 6. The Balaban J connectivity index is 0.000000190. The van der Waals surface area contributed by atoms with E-state index in [1.54, 1.807) is 24.3 Å². The van der Waals surface area contributed by atoms with Crippen molar-refractivity contribution in [1.29, 1.82) is 0 Å². The topological polar surface area (TPSA) is 198 Å². The monoisotopic (exact) mass is 1910 g/mol. The number of hydrogen-bond acceptors (Lipinski definition) is 14. The van der Waals surface area contributed by atoms with E-state index in [9.17, 15) is 28.8 Å². The molecule has 1 N–H and O–H groups in total. The predicted molar refractivity (Wildman–Crippen MR) is 504 cm³/mol. The van der Waals surface area contributed by atoms with Gasteiger partial charge in [0.25, 0.3) is 5.91 Å². The van der Waals surface area contributed by atoms with Gasteiger partial charge in [0.15, 0.2) is 22.7 Å². The first-order valence-corrected chi connectivity index (χ1v) is 43.9. The van der Waals surface area contributed by atoms with Crippen molar-refractivity contribution in [3.63, 3.8) is 0 Å². The van der Waals surface area contributed by atoms with Crippen LogP contribution >= 0.6 is 6.89 Å². The zero-order valence-electron chi connectivity index (χ0n) is 72.3. The molecule has 0 fully saturated rings. The lowest BCUT2D eigenvalue weighted by Gasteiger charge is -2.32. The maximum absolute atomic E-state index is 12.6. The number of cyclic esters (lactones) is 2. The summed E-state index contributed by atoms with van der Waals surface area (Å²) in [7, 11) is 4.22. The second-order valence-corrected chi connectivity index (χ2v) is 33.6. The molecule has 1 amide bonds. The van der Waals surface area contributed by atoms with Gasteiger partial charge in [0.1, 0.15) is 5.41 Å². The van der Waals surface area contributed by atoms with Crippen molar-refractivity contribution in [2.24, 2.45) is 15.0 Å². The van der Waals surface area contributed by atoms with Gasteiger partial charge < -0.3 is 79.9 Å². The Morgan fingerprint density at radius 2 is 0.867 bits per heavy atom. The Morgan fingerprint density at radius 3 is 1.31 bits per heavy atom. The fourth-order valence-electron chi connectivity index (χ4n) is 16.1. The molecule has 17 rings (SSSR count). The third kappa shape index (κ3) is 23.5. The molecule has 19 heteroatoms. The van der Waals surface area contributed by atoms with Crippen molar-refractivity contribution in [1.82, 2.24) is 5.32 Å². The number of hydrogen-bond donors (Lipinski definition) is 1. The molecule has 15 nitrogen and oxygen atoms in total. The number of methoxy groups -OCH3 is 3. The summed E-state index contributed by atoms with van der Waals surface area (Å²) in [5.74, 6) is 1.41. The van der Waals surface area contributed by atoms with Gasteiger partial charge in [-0.15, -0.1) is 0 Å². The minimum absolute atomic E-state index is 0. The number of carbonyl (C=O) groups excluding carboxylic acids is 6. The summed E-state index contributed by atoms with van der Waals surface area (Å²) < 4.78 is 25.8. The van der Waals surface area contributed by atoms with E-state index in [0.717, 1.165) is 69.5 Å². The van der Waals surface area contributed by atoms with E-state index >= 15 is 0 Å². The first kappa shape index (κ1) is 99.0. The molecular formula is C109H105Br3N4O11P-3. The molecule has 0 spiro atoms. The van der Waals surface area contributed by atoms with Crippen molar-refractivity contribution in [3.05, 3.63) is 456 Å². The lowest BCUT2D eigenvalue weighted by Crippen LogP contribution is -3.00. The van der Waals surface area contributed by atoms with Gasteiger partial charge in [-0.3, -0.25) is 14.6 Å². The second kappa shape index (κ2) is 48.8. The summed E-state index contributed by atoms with van der Waals surface area (Å²) in [5, 5.41) is 7.12. The SMILES string of the molecule is CC=P(c1ccccc1)(c1ccccc1)c1ccccc1.CCCC(NC(=O)c1ccccc1)(C(=O)OC)c1ccccc1.CCCC1(c2ccccc2)N=C(c2ccccc2)OC1=O.COC(=O)C1(c2ccccc2)CC=C(c2ccccc2)C1.COC(=O)C1(c2ccccc2)CCC(c2ccccc2)=N1.O=C1OC(c2ccccc2)=NC1c1ccccc1.[2HH].[Br-].[Br-].[Br-]. The molecule has 0 bridgehead atoms. The lowest BCUT2D eigenvalue weighted by atomic mass is 9.77. The Hall–Kier alpha value is -12.8. The van der Waals surface area contributed by atoms with Crippen LogP contribution < -0.4 is 72.2 Å². The van der Waals surface area contributed by atoms with Crippen LogP contribution in [0.2, 0.25) is 0 Å². The highest BCUT2D eigenvalue weighted by molar-refractivity contribution is 7.94. The van der Waals surface area contributed by atoms with Gasteiger partial charge in [-0.25, -0.2) is 29.2 Å². The number of aliphatic imine (C=N–C) groups is 3. The van der Waals surface area contributed by atoms with Crippen molar-refractivity contribution in [3.8, 4) is 0 Å². The number of benzene rings is 13. The minimum atomic E-state index is -1.66. The zero-order valence-corrected chi connectivity index (χ0v) is 78.0. The van der Waals surface area contributed by atoms with Crippen LogP contribution in [0.15, 0.2) is 415 Å². The Labute approximate surface area is 784 Å². The van der Waals surface area contributed by atoms with Gasteiger partial charge in [-0.05, 0) is 149 Å². The number of halogens is 3. The predicted octanol–water partition coefficient (Wildman–Crippen LogP) is 12.1. The summed E-state index contributed by atoms with van der Waals surface area (Å²) in [4.78, 5) is 88.2. The summed E-state index contributed by atoms with van der Waals surface area (Å²) in [6.07, 6.45) is 7.64. The van der Waals surface area contributed by atoms with Gasteiger partial charge in [0.2, 0.25) is 11.8 Å². The highest BCUT2D eigenvalue weighted by Crippen LogP contribution is 2.47. The van der Waals surface area contributed by atoms with E-state index in [-0.39, 0.29) is 82.2 Å². The minimum Gasteiger partial charge on any atom is -1.00 e. The van der Waals surface area contributed by atoms with E-state index in [2.05, 4.69) is 137 Å². The first-order chi connectivity index (χ1) is 61.1. The van der Waals surface area contributed by atoms with Crippen LogP contribution in [0.4, 0.5) is 0 Å². The van der Waals surface area contributed by atoms with Gasteiger partial charge >= 0.3 is 29.8 Å². The number of nitrogens with zero attached hydrogens (tertiary/aromatic N) is 3. The molecule has 0 saturated heterocycles. The number of nitrogens with one attached hydrogen (secondary N) is 1. The third-order valence-corrected chi connectivity index (χ3v) is 26.5. The summed E-state index contributed by atoms with van der Waals surface area (Å²) >= 11 is 0. The molecule has 0 saturated carbocycles. The van der Waals surface area contributed by atoms with Crippen molar-refractivity contribution < 1.29 is 105 Å². The number of amides is 1. The number of allylic oxidation sites excluding steroid dienone is 2. The number of ether oxygens (including phenoxy) is 5. The van der Waals surface area contributed by atoms with Crippen molar-refractivity contribution in [2.45, 2.75) is 100 Å². The summed E-state index contributed by atoms with van der Waals surface area (Å²) in [6.45, 7) is 4.55. The lowest BCUT2D eigenvalue weighted by molar-refractivity contribution is -0.149. The maximum atomic E-state index is 12.6. The largest absolute Gasteiger partial charge is 1.00 e. The Morgan fingerprint density at radius 1 is 0.461 bits per heavy atom. The normalized spacial score (nSPS) is 17.0. The fraction of sp³-hybridized carbons (Fsp3) is 0.174. The molecule has 5 unspecified atom stereocenters. The van der Waals surface area contributed by atoms with Crippen molar-refractivity contribution >= 4 is 87.4 Å². The quantitative estimate of drug-likeness (QED) is 0.0408. The van der Waals surface area contributed by atoms with Crippen LogP contribution in [-0.2, 0) is 69.7 Å². The van der Waals surface area contributed by atoms with Gasteiger partial charge in [0.05, 0.1) is 21.3 Å². The Bertz CT molecular complexity index is 5750. The van der Waals surface area contributed by atoms with E-state index in [1.165, 1.54) is 48.4 Å². The molecule has 5 atom stereocenters. The molecular weight excluding hydrogens is 1810 g/mol. The van der Waals surface area contributed by atoms with Crippen LogP contribution in [-0.4, -0.2) is 80.4 Å². The standard InChI is InChI=1S/C20H19P.C19H21NO3.C19H18O2.2C18H17NO2.C15H11NO2.3BrH.H2/c1-2-21(18-12-6-3-7-13-18,19-14-8-4-9-15-19)20-16-10-5-11-17-20;1-3-14-19(18(22)23-2,16-12-8-5-9-13-16)20-17(21)15-10-6-4-7-11-15;1-21-18(20)19(17-10-6-3-7-11-17)13-12-16(14-19)15-8-4-2-5-9-15;1-21-17(20)18(15-10-6-3-7-11-15)13-12-16(19-18)14-8-4-2-5-9-14;1-2-13-18(15-11-7-4-8-12-15)17(20)21-16(19-18)14-9-5-3-6-10-14;17-15-13(11-7-3-1-4-8-11)16-14(18-15)12-9-5-2-6-10-12;;;;/h2-17H,1H3;4-13H,3,14H2,1-2H3,(H,20,21);2-12H,13-14H2,1H3;2-11H,12-13H2,1H3;3-12H,2,13H2,1H3;1-10,13H;4*1H/p-3/i;;;;;;;;;1+1. The molecule has 3 heterocycles. The molecule has 3 aliphatic heterocycles. The molecule has 1 aliphatic carbocycles. The highest BCUT2D eigenvalue weighted by atomic mass is 79.9. The van der Waals surface area contributed by atoms with Crippen LogP contribution in [0.25, 0.3) is 5.57 Å². The Kier molecular flexibility index (Phi) is 37.7. The molecule has 13 aromatic carbocycles. The molecule has 128 heavy (non-hydrogen) atoms. The van der Waals surface area contributed by atoms with Gasteiger partial charge in [-0.1, -0.05) is 396 Å². The second-order valence-electron chi connectivity index (χ2n) is 30.1. The van der Waals surface area contributed by atoms with Crippen LogP contribution in [0.1, 0.15) is 140 Å². The highest BCUT2D eigenvalue weighted by Gasteiger charge is 2.49. The summed E-state index contributed by atoms with van der Waals surface area (Å²) in [5.41, 5.74) is 7.40. The molecule has 13 aromatic rings. The van der Waals surface area contributed by atoms with E-state index < -0.39 is 40.9 Å². The smallest absolute Gasteiger partial charge is 0.345 e. The van der Waals surface area contributed by atoms with Crippen LogP contribution in [0, 0.1) is 0 Å². The number of rotatable bonds is 21. The zero-order chi connectivity index (χ0) is 87.8. The average molecular weight is 1920 g/mol. The van der Waals surface area contributed by atoms with E-state index in [0.29, 0.717) is 49.5 Å². The van der Waals surface area contributed by atoms with E-state index in [1.807, 2.05) is 281 Å². The maximum Gasteiger partial charge on any atom is 0.345 e. The molecule has 4 aliphatic rings. The van der Waals surface area contributed by atoms with Crippen LogP contribution in [0.5, 0.6) is 0 Å². The number of esters is 5.